The van der Waals surface area contributed by atoms with Crippen LogP contribution in [0.1, 0.15) is 29.9 Å². The van der Waals surface area contributed by atoms with E-state index >= 15 is 0 Å². The van der Waals surface area contributed by atoms with E-state index in [-0.39, 0.29) is 5.56 Å². The molecule has 1 aliphatic rings. The molecular weight excluding hydrogens is 282 g/mol. The van der Waals surface area contributed by atoms with Gasteiger partial charge in [-0.3, -0.25) is 4.79 Å². The molecule has 7 heteroatoms. The largest absolute Gasteiger partial charge is 0.361 e. The molecule has 22 heavy (non-hydrogen) atoms. The highest BCUT2D eigenvalue weighted by Crippen LogP contribution is 2.16. The predicted octanol–water partition coefficient (Wildman–Crippen LogP) is 1.13. The zero-order valence-electron chi connectivity index (χ0n) is 12.9. The van der Waals surface area contributed by atoms with Gasteiger partial charge in [0, 0.05) is 43.6 Å². The number of aromatic nitrogens is 3. The van der Waals surface area contributed by atoms with Gasteiger partial charge < -0.3 is 19.7 Å². The van der Waals surface area contributed by atoms with Crippen molar-refractivity contribution in [2.45, 2.75) is 39.3 Å². The number of rotatable bonds is 4. The summed E-state index contributed by atoms with van der Waals surface area (Å²) < 4.78 is 5.19. The molecular formula is C15H21N5O2. The van der Waals surface area contributed by atoms with Gasteiger partial charge in [-0.25, -0.2) is 4.98 Å². The van der Waals surface area contributed by atoms with Crippen LogP contribution >= 0.6 is 0 Å². The second kappa shape index (κ2) is 6.31. The highest BCUT2D eigenvalue weighted by molar-refractivity contribution is 5.36. The van der Waals surface area contributed by atoms with Crippen molar-refractivity contribution in [3.63, 3.8) is 0 Å². The van der Waals surface area contributed by atoms with Crippen molar-refractivity contribution in [3.05, 3.63) is 39.8 Å². The monoisotopic (exact) mass is 303 g/mol. The highest BCUT2D eigenvalue weighted by atomic mass is 16.5. The summed E-state index contributed by atoms with van der Waals surface area (Å²) in [6.07, 6.45) is 5.31. The Labute approximate surface area is 128 Å². The first-order chi connectivity index (χ1) is 10.6. The first kappa shape index (κ1) is 14.8. The third-order valence-corrected chi connectivity index (χ3v) is 4.16. The van der Waals surface area contributed by atoms with Crippen molar-refractivity contribution in [1.29, 1.82) is 0 Å². The average molecular weight is 303 g/mol. The number of piperidine rings is 1. The van der Waals surface area contributed by atoms with Gasteiger partial charge in [-0.05, 0) is 26.7 Å². The van der Waals surface area contributed by atoms with E-state index < -0.39 is 0 Å². The summed E-state index contributed by atoms with van der Waals surface area (Å²) in [5.41, 5.74) is 1.92. The van der Waals surface area contributed by atoms with Gasteiger partial charge in [-0.1, -0.05) is 5.16 Å². The second-order valence-corrected chi connectivity index (χ2v) is 5.71. The summed E-state index contributed by atoms with van der Waals surface area (Å²) in [5, 5.41) is 7.52. The van der Waals surface area contributed by atoms with Crippen molar-refractivity contribution in [2.75, 3.05) is 18.0 Å². The Morgan fingerprint density at radius 1 is 1.50 bits per heavy atom. The molecule has 1 saturated heterocycles. The summed E-state index contributed by atoms with van der Waals surface area (Å²) in [6, 6.07) is 0.323. The molecule has 2 N–H and O–H groups in total. The molecule has 0 radical (unpaired) electrons. The van der Waals surface area contributed by atoms with Crippen LogP contribution in [0.25, 0.3) is 0 Å². The van der Waals surface area contributed by atoms with E-state index in [0.717, 1.165) is 49.5 Å². The lowest BCUT2D eigenvalue weighted by Gasteiger charge is -2.33. The Morgan fingerprint density at radius 2 is 2.36 bits per heavy atom. The topological polar surface area (TPSA) is 87.1 Å². The minimum Gasteiger partial charge on any atom is -0.361 e. The first-order valence-electron chi connectivity index (χ1n) is 7.59. The molecule has 2 aromatic rings. The average Bonchev–Trinajstić information content (AvgIpc) is 2.85. The van der Waals surface area contributed by atoms with Crippen LogP contribution < -0.4 is 15.8 Å². The molecule has 3 rings (SSSR count). The molecule has 0 aliphatic carbocycles. The van der Waals surface area contributed by atoms with Gasteiger partial charge in [0.1, 0.15) is 5.76 Å². The highest BCUT2D eigenvalue weighted by Gasteiger charge is 2.22. The lowest BCUT2D eigenvalue weighted by atomic mass is 10.1. The molecule has 0 amide bonds. The molecule has 118 valence electrons. The van der Waals surface area contributed by atoms with E-state index in [9.17, 15) is 4.79 Å². The number of aryl methyl sites for hydroxylation is 2. The van der Waals surface area contributed by atoms with Crippen LogP contribution in [0, 0.1) is 13.8 Å². The SMILES string of the molecule is Cc1noc(C)c1CN[C@@H]1CCCN(c2ncc[nH]c2=O)C1. The quantitative estimate of drug-likeness (QED) is 0.880. The fraction of sp³-hybridized carbons (Fsp3) is 0.533. The molecule has 1 atom stereocenters. The van der Waals surface area contributed by atoms with Gasteiger partial charge in [0.2, 0.25) is 0 Å². The van der Waals surface area contributed by atoms with Crippen LogP contribution in [0.5, 0.6) is 0 Å². The maximum absolute atomic E-state index is 11.9. The van der Waals surface area contributed by atoms with E-state index in [1.54, 1.807) is 12.4 Å². The number of aromatic amines is 1. The normalized spacial score (nSPS) is 18.6. The minimum absolute atomic E-state index is 0.131. The van der Waals surface area contributed by atoms with Crippen LogP contribution in [0.15, 0.2) is 21.7 Å². The molecule has 0 aromatic carbocycles. The maximum Gasteiger partial charge on any atom is 0.290 e. The van der Waals surface area contributed by atoms with Crippen molar-refractivity contribution >= 4 is 5.82 Å². The zero-order chi connectivity index (χ0) is 15.5. The summed E-state index contributed by atoms with van der Waals surface area (Å²) in [7, 11) is 0. The standard InChI is InChI=1S/C15H21N5O2/c1-10-13(11(2)22-19-10)8-18-12-4-3-7-20(9-12)14-15(21)17-6-5-16-14/h5-6,12,18H,3-4,7-9H2,1-2H3,(H,17,21)/t12-/m1/s1. The van der Waals surface area contributed by atoms with Crippen LogP contribution in [0.4, 0.5) is 5.82 Å². The van der Waals surface area contributed by atoms with E-state index in [0.29, 0.717) is 11.9 Å². The predicted molar refractivity (Wildman–Crippen MR) is 82.9 cm³/mol. The van der Waals surface area contributed by atoms with Crippen molar-refractivity contribution in [3.8, 4) is 0 Å². The summed E-state index contributed by atoms with van der Waals surface area (Å²) in [4.78, 5) is 20.8. The van der Waals surface area contributed by atoms with Crippen molar-refractivity contribution in [2.24, 2.45) is 0 Å². The van der Waals surface area contributed by atoms with Gasteiger partial charge in [0.15, 0.2) is 5.82 Å². The van der Waals surface area contributed by atoms with E-state index in [2.05, 4.69) is 20.4 Å². The molecule has 2 aromatic heterocycles. The fourth-order valence-corrected chi connectivity index (χ4v) is 2.91. The number of hydrogen-bond acceptors (Lipinski definition) is 6. The maximum atomic E-state index is 11.9. The van der Waals surface area contributed by atoms with Crippen LogP contribution in [-0.4, -0.2) is 34.3 Å². The van der Waals surface area contributed by atoms with Crippen LogP contribution in [0.3, 0.4) is 0 Å². The molecule has 3 heterocycles. The number of nitrogens with one attached hydrogen (secondary N) is 2. The van der Waals surface area contributed by atoms with E-state index in [4.69, 9.17) is 4.52 Å². The molecule has 0 bridgehead atoms. The van der Waals surface area contributed by atoms with Gasteiger partial charge in [0.05, 0.1) is 5.69 Å². The molecule has 0 unspecified atom stereocenters. The van der Waals surface area contributed by atoms with Crippen LogP contribution in [-0.2, 0) is 6.54 Å². The van der Waals surface area contributed by atoms with Gasteiger partial charge in [0.25, 0.3) is 5.56 Å². The van der Waals surface area contributed by atoms with Crippen molar-refractivity contribution in [1.82, 2.24) is 20.4 Å². The lowest BCUT2D eigenvalue weighted by Crippen LogP contribution is -2.47. The molecule has 1 aliphatic heterocycles. The summed E-state index contributed by atoms with van der Waals surface area (Å²) in [6.45, 7) is 6.26. The Morgan fingerprint density at radius 3 is 3.09 bits per heavy atom. The molecule has 0 spiro atoms. The van der Waals surface area contributed by atoms with Gasteiger partial charge in [-0.2, -0.15) is 0 Å². The molecule has 7 nitrogen and oxygen atoms in total. The Hall–Kier alpha value is -2.15. The summed E-state index contributed by atoms with van der Waals surface area (Å²) in [5.74, 6) is 1.37. The second-order valence-electron chi connectivity index (χ2n) is 5.71. The van der Waals surface area contributed by atoms with Gasteiger partial charge >= 0.3 is 0 Å². The fourth-order valence-electron chi connectivity index (χ4n) is 2.91. The zero-order valence-corrected chi connectivity index (χ0v) is 12.9. The van der Waals surface area contributed by atoms with Gasteiger partial charge in [-0.15, -0.1) is 0 Å². The Kier molecular flexibility index (Phi) is 4.24. The van der Waals surface area contributed by atoms with E-state index in [1.807, 2.05) is 18.7 Å². The lowest BCUT2D eigenvalue weighted by molar-refractivity contribution is 0.389. The summed E-state index contributed by atoms with van der Waals surface area (Å²) >= 11 is 0. The Balaban J connectivity index is 1.64. The molecule has 1 fully saturated rings. The number of anilines is 1. The smallest absolute Gasteiger partial charge is 0.290 e. The third kappa shape index (κ3) is 3.04. The third-order valence-electron chi connectivity index (χ3n) is 4.16. The number of hydrogen-bond donors (Lipinski definition) is 2. The van der Waals surface area contributed by atoms with E-state index in [1.165, 1.54) is 0 Å². The Bertz CT molecular complexity index is 674. The first-order valence-corrected chi connectivity index (χ1v) is 7.59. The van der Waals surface area contributed by atoms with Crippen LogP contribution in [0.2, 0.25) is 0 Å². The minimum atomic E-state index is -0.131. The number of H-pyrrole nitrogens is 1. The van der Waals surface area contributed by atoms with Crippen molar-refractivity contribution < 1.29 is 4.52 Å². The molecule has 0 saturated carbocycles. The number of nitrogens with zero attached hydrogens (tertiary/aromatic N) is 3.